The summed E-state index contributed by atoms with van der Waals surface area (Å²) in [7, 11) is 1.49. The van der Waals surface area contributed by atoms with Crippen molar-refractivity contribution >= 4 is 18.3 Å². The standard InChI is InChI=1S/C16H25FN2O2.ClH/c1-12(16-13(17)8-7-9-14(16)21-2)19-15(20)10-5-3-4-6-11-18;/h7-9,12H,3-6,10-11,18H2,1-2H3,(H,19,20);1H. The minimum atomic E-state index is -0.419. The van der Waals surface area contributed by atoms with Crippen molar-refractivity contribution in [3.8, 4) is 5.75 Å². The topological polar surface area (TPSA) is 64.3 Å². The van der Waals surface area contributed by atoms with Gasteiger partial charge in [0, 0.05) is 6.42 Å². The number of ether oxygens (including phenoxy) is 1. The maximum Gasteiger partial charge on any atom is 0.220 e. The maximum absolute atomic E-state index is 13.9. The van der Waals surface area contributed by atoms with E-state index in [1.54, 1.807) is 19.1 Å². The van der Waals surface area contributed by atoms with Crippen LogP contribution in [0.4, 0.5) is 4.39 Å². The molecule has 1 unspecified atom stereocenters. The Bertz CT molecular complexity index is 458. The lowest BCUT2D eigenvalue weighted by Gasteiger charge is -2.18. The van der Waals surface area contributed by atoms with E-state index in [2.05, 4.69) is 5.32 Å². The summed E-state index contributed by atoms with van der Waals surface area (Å²) in [6.07, 6.45) is 4.30. The lowest BCUT2D eigenvalue weighted by Crippen LogP contribution is -2.27. The van der Waals surface area contributed by atoms with Crippen LogP contribution in [-0.2, 0) is 4.79 Å². The first kappa shape index (κ1) is 20.7. The number of carbonyl (C=O) groups excluding carboxylic acids is 1. The van der Waals surface area contributed by atoms with Gasteiger partial charge in [0.1, 0.15) is 11.6 Å². The van der Waals surface area contributed by atoms with Crippen molar-refractivity contribution in [2.24, 2.45) is 5.73 Å². The Morgan fingerprint density at radius 1 is 1.32 bits per heavy atom. The Morgan fingerprint density at radius 2 is 2.00 bits per heavy atom. The van der Waals surface area contributed by atoms with Gasteiger partial charge < -0.3 is 15.8 Å². The van der Waals surface area contributed by atoms with E-state index in [1.807, 2.05) is 0 Å². The van der Waals surface area contributed by atoms with Crippen LogP contribution in [0.1, 0.15) is 50.6 Å². The van der Waals surface area contributed by atoms with Crippen LogP contribution in [0.5, 0.6) is 5.75 Å². The van der Waals surface area contributed by atoms with Gasteiger partial charge in [0.2, 0.25) is 5.91 Å². The molecule has 1 aromatic rings. The third-order valence-corrected chi connectivity index (χ3v) is 3.40. The van der Waals surface area contributed by atoms with E-state index in [1.165, 1.54) is 13.2 Å². The van der Waals surface area contributed by atoms with Gasteiger partial charge in [-0.15, -0.1) is 12.4 Å². The highest BCUT2D eigenvalue weighted by Gasteiger charge is 2.17. The third-order valence-electron chi connectivity index (χ3n) is 3.40. The number of benzene rings is 1. The highest BCUT2D eigenvalue weighted by Crippen LogP contribution is 2.27. The number of carbonyl (C=O) groups is 1. The maximum atomic E-state index is 13.9. The van der Waals surface area contributed by atoms with Gasteiger partial charge in [0.15, 0.2) is 0 Å². The molecule has 0 aliphatic heterocycles. The molecule has 1 amide bonds. The molecule has 0 heterocycles. The minimum Gasteiger partial charge on any atom is -0.496 e. The largest absolute Gasteiger partial charge is 0.496 e. The summed E-state index contributed by atoms with van der Waals surface area (Å²) < 4.78 is 19.0. The zero-order valence-corrected chi connectivity index (χ0v) is 14.0. The van der Waals surface area contributed by atoms with Crippen molar-refractivity contribution in [3.63, 3.8) is 0 Å². The summed E-state index contributed by atoms with van der Waals surface area (Å²) in [5.74, 6) is 0.0106. The second-order valence-electron chi connectivity index (χ2n) is 5.10. The fourth-order valence-electron chi connectivity index (χ4n) is 2.28. The average molecular weight is 333 g/mol. The van der Waals surface area contributed by atoms with Crippen molar-refractivity contribution in [2.45, 2.75) is 45.1 Å². The summed E-state index contributed by atoms with van der Waals surface area (Å²) in [6.45, 7) is 2.45. The van der Waals surface area contributed by atoms with Gasteiger partial charge in [0.25, 0.3) is 0 Å². The molecule has 0 aliphatic rings. The first-order chi connectivity index (χ1) is 10.1. The fraction of sp³-hybridized carbons (Fsp3) is 0.562. The average Bonchev–Trinajstić information content (AvgIpc) is 2.46. The molecule has 0 fully saturated rings. The smallest absolute Gasteiger partial charge is 0.220 e. The molecule has 0 aliphatic carbocycles. The molecule has 1 aromatic carbocycles. The Balaban J connectivity index is 0.00000441. The second-order valence-corrected chi connectivity index (χ2v) is 5.10. The number of amides is 1. The molecule has 1 atom stereocenters. The van der Waals surface area contributed by atoms with Crippen molar-refractivity contribution in [1.82, 2.24) is 5.32 Å². The molecule has 0 bridgehead atoms. The molecule has 1 rings (SSSR count). The van der Waals surface area contributed by atoms with Crippen LogP contribution in [-0.4, -0.2) is 19.6 Å². The van der Waals surface area contributed by atoms with Crippen LogP contribution in [0.3, 0.4) is 0 Å². The number of rotatable bonds is 9. The first-order valence-electron chi connectivity index (χ1n) is 7.42. The van der Waals surface area contributed by atoms with Crippen molar-refractivity contribution in [3.05, 3.63) is 29.6 Å². The summed E-state index contributed by atoms with van der Waals surface area (Å²) in [6, 6.07) is 4.22. The summed E-state index contributed by atoms with van der Waals surface area (Å²) in [5.41, 5.74) is 5.80. The molecule has 0 saturated heterocycles. The SMILES string of the molecule is COc1cccc(F)c1C(C)NC(=O)CCCCCCN.Cl. The Kier molecular flexibility index (Phi) is 10.6. The highest BCUT2D eigenvalue weighted by molar-refractivity contribution is 5.85. The van der Waals surface area contributed by atoms with Crippen LogP contribution in [0.2, 0.25) is 0 Å². The summed E-state index contributed by atoms with van der Waals surface area (Å²) in [4.78, 5) is 11.9. The predicted molar refractivity (Wildman–Crippen MR) is 88.9 cm³/mol. The van der Waals surface area contributed by atoms with E-state index < -0.39 is 6.04 Å². The van der Waals surface area contributed by atoms with Gasteiger partial charge in [0.05, 0.1) is 18.7 Å². The van der Waals surface area contributed by atoms with Gasteiger partial charge in [-0.1, -0.05) is 18.9 Å². The molecule has 6 heteroatoms. The van der Waals surface area contributed by atoms with Crippen LogP contribution in [0.25, 0.3) is 0 Å². The van der Waals surface area contributed by atoms with Gasteiger partial charge >= 0.3 is 0 Å². The van der Waals surface area contributed by atoms with Gasteiger partial charge in [-0.2, -0.15) is 0 Å². The zero-order valence-electron chi connectivity index (χ0n) is 13.2. The second kappa shape index (κ2) is 11.3. The Morgan fingerprint density at radius 3 is 2.64 bits per heavy atom. The molecule has 0 aromatic heterocycles. The monoisotopic (exact) mass is 332 g/mol. The Labute approximate surface area is 138 Å². The highest BCUT2D eigenvalue weighted by atomic mass is 35.5. The number of unbranched alkanes of at least 4 members (excludes halogenated alkanes) is 3. The number of halogens is 2. The number of methoxy groups -OCH3 is 1. The molecule has 0 radical (unpaired) electrons. The molecule has 0 spiro atoms. The quantitative estimate of drug-likeness (QED) is 0.682. The van der Waals surface area contributed by atoms with Crippen LogP contribution in [0.15, 0.2) is 18.2 Å². The van der Waals surface area contributed by atoms with E-state index in [4.69, 9.17) is 10.5 Å². The molecule has 22 heavy (non-hydrogen) atoms. The number of nitrogens with two attached hydrogens (primary N) is 1. The van der Waals surface area contributed by atoms with Crippen molar-refractivity contribution in [1.29, 1.82) is 0 Å². The molecule has 4 nitrogen and oxygen atoms in total. The summed E-state index contributed by atoms with van der Waals surface area (Å²) >= 11 is 0. The van der Waals surface area contributed by atoms with Gasteiger partial charge in [-0.3, -0.25) is 4.79 Å². The van der Waals surface area contributed by atoms with Crippen molar-refractivity contribution < 1.29 is 13.9 Å². The van der Waals surface area contributed by atoms with E-state index in [0.717, 1.165) is 25.7 Å². The molecule has 0 saturated carbocycles. The van der Waals surface area contributed by atoms with E-state index in [0.29, 0.717) is 24.3 Å². The zero-order chi connectivity index (χ0) is 15.7. The molecule has 126 valence electrons. The van der Waals surface area contributed by atoms with Crippen LogP contribution < -0.4 is 15.8 Å². The van der Waals surface area contributed by atoms with Gasteiger partial charge in [-0.25, -0.2) is 4.39 Å². The number of hydrogen-bond donors (Lipinski definition) is 2. The predicted octanol–water partition coefficient (Wildman–Crippen LogP) is 3.34. The van der Waals surface area contributed by atoms with E-state index in [9.17, 15) is 9.18 Å². The minimum absolute atomic E-state index is 0. The summed E-state index contributed by atoms with van der Waals surface area (Å²) in [5, 5.41) is 2.82. The lowest BCUT2D eigenvalue weighted by molar-refractivity contribution is -0.121. The number of nitrogens with one attached hydrogen (secondary N) is 1. The van der Waals surface area contributed by atoms with Crippen LogP contribution >= 0.6 is 12.4 Å². The van der Waals surface area contributed by atoms with E-state index in [-0.39, 0.29) is 24.1 Å². The number of hydrogen-bond acceptors (Lipinski definition) is 3. The van der Waals surface area contributed by atoms with Gasteiger partial charge in [-0.05, 0) is 38.4 Å². The van der Waals surface area contributed by atoms with E-state index >= 15 is 0 Å². The molecular formula is C16H26ClFN2O2. The Hall–Kier alpha value is -1.33. The first-order valence-corrected chi connectivity index (χ1v) is 7.42. The third kappa shape index (κ3) is 6.62. The van der Waals surface area contributed by atoms with Crippen molar-refractivity contribution in [2.75, 3.05) is 13.7 Å². The molecular weight excluding hydrogens is 307 g/mol. The molecule has 3 N–H and O–H groups in total. The normalized spacial score (nSPS) is 11.5. The van der Waals surface area contributed by atoms with Crippen LogP contribution in [0, 0.1) is 5.82 Å². The lowest BCUT2D eigenvalue weighted by atomic mass is 10.1. The fourth-order valence-corrected chi connectivity index (χ4v) is 2.28.